The number of benzene rings is 1. The van der Waals surface area contributed by atoms with Crippen LogP contribution in [0.1, 0.15) is 40.3 Å². The molecule has 0 saturated carbocycles. The van der Waals surface area contributed by atoms with E-state index in [4.69, 9.17) is 0 Å². The molecule has 1 N–H and O–H groups in total. The molecule has 1 unspecified atom stereocenters. The average molecular weight is 426 g/mol. The fraction of sp³-hybridized carbons (Fsp3) is 0.190. The third-order valence-electron chi connectivity index (χ3n) is 4.76. The van der Waals surface area contributed by atoms with Gasteiger partial charge in [-0.3, -0.25) is 14.2 Å². The summed E-state index contributed by atoms with van der Waals surface area (Å²) in [7, 11) is 0. The lowest BCUT2D eigenvalue weighted by Crippen LogP contribution is -2.28. The van der Waals surface area contributed by atoms with Gasteiger partial charge in [0.2, 0.25) is 0 Å². The molecule has 3 heterocycles. The number of amides is 1. The van der Waals surface area contributed by atoms with Crippen molar-refractivity contribution >= 4 is 11.6 Å². The van der Waals surface area contributed by atoms with Crippen LogP contribution < -0.4 is 5.32 Å². The van der Waals surface area contributed by atoms with Crippen molar-refractivity contribution in [2.75, 3.05) is 0 Å². The van der Waals surface area contributed by atoms with Gasteiger partial charge in [-0.25, -0.2) is 4.98 Å². The van der Waals surface area contributed by atoms with Gasteiger partial charge < -0.3 is 5.32 Å². The number of fused-ring (bicyclic) bond motifs is 1. The molecule has 0 fully saturated rings. The minimum atomic E-state index is -4.52. The second kappa shape index (κ2) is 7.78. The summed E-state index contributed by atoms with van der Waals surface area (Å²) in [4.78, 5) is 20.7. The predicted octanol–water partition coefficient (Wildman–Crippen LogP) is 4.00. The number of aryl methyl sites for hydroxylation is 1. The number of carbonyl (C=O) groups excluding carboxylic acids is 1. The summed E-state index contributed by atoms with van der Waals surface area (Å²) >= 11 is 0. The number of alkyl halides is 3. The molecule has 7 nitrogen and oxygen atoms in total. The first-order chi connectivity index (χ1) is 14.7. The molecule has 0 saturated heterocycles. The summed E-state index contributed by atoms with van der Waals surface area (Å²) in [6.07, 6.45) is -1.91. The Bertz CT molecular complexity index is 1230. The summed E-state index contributed by atoms with van der Waals surface area (Å²) in [5, 5.41) is 10.6. The smallest absolute Gasteiger partial charge is 0.344 e. The minimum absolute atomic E-state index is 0.114. The third kappa shape index (κ3) is 4.23. The van der Waals surface area contributed by atoms with E-state index in [0.29, 0.717) is 17.0 Å². The molecule has 4 rings (SSSR count). The summed E-state index contributed by atoms with van der Waals surface area (Å²) in [6.45, 7) is 3.62. The minimum Gasteiger partial charge on any atom is -0.344 e. The maximum Gasteiger partial charge on any atom is 0.433 e. The van der Waals surface area contributed by atoms with Crippen LogP contribution in [-0.2, 0) is 6.18 Å². The third-order valence-corrected chi connectivity index (χ3v) is 4.76. The molecule has 0 aliphatic rings. The predicted molar refractivity (Wildman–Crippen MR) is 106 cm³/mol. The maximum absolute atomic E-state index is 12.8. The summed E-state index contributed by atoms with van der Waals surface area (Å²) < 4.78 is 39.8. The largest absolute Gasteiger partial charge is 0.433 e. The van der Waals surface area contributed by atoms with Crippen LogP contribution in [0.5, 0.6) is 0 Å². The highest BCUT2D eigenvalue weighted by Gasteiger charge is 2.32. The van der Waals surface area contributed by atoms with Gasteiger partial charge in [-0.05, 0) is 25.5 Å². The number of nitrogens with one attached hydrogen (secondary N) is 1. The van der Waals surface area contributed by atoms with E-state index >= 15 is 0 Å². The number of halogens is 3. The van der Waals surface area contributed by atoms with Crippen LogP contribution in [0.15, 0.2) is 55.0 Å². The molecule has 3 aromatic heterocycles. The van der Waals surface area contributed by atoms with Crippen LogP contribution in [0.4, 0.5) is 13.2 Å². The Hall–Kier alpha value is -3.82. The molecule has 0 aliphatic heterocycles. The van der Waals surface area contributed by atoms with E-state index in [2.05, 4.69) is 25.5 Å². The molecule has 0 aliphatic carbocycles. The van der Waals surface area contributed by atoms with Crippen molar-refractivity contribution in [2.45, 2.75) is 26.1 Å². The number of rotatable bonds is 4. The number of hydrogen-bond acceptors (Lipinski definition) is 5. The summed E-state index contributed by atoms with van der Waals surface area (Å²) in [5.41, 5.74) is 1.86. The van der Waals surface area contributed by atoms with Crippen molar-refractivity contribution in [2.24, 2.45) is 0 Å². The fourth-order valence-corrected chi connectivity index (χ4v) is 3.03. The van der Waals surface area contributed by atoms with Gasteiger partial charge in [-0.1, -0.05) is 35.9 Å². The molecule has 31 heavy (non-hydrogen) atoms. The topological polar surface area (TPSA) is 85.1 Å². The molecule has 0 spiro atoms. The summed E-state index contributed by atoms with van der Waals surface area (Å²) in [5.74, 6) is 0.00256. The molecule has 0 bridgehead atoms. The van der Waals surface area contributed by atoms with E-state index in [1.807, 2.05) is 31.2 Å². The zero-order valence-electron chi connectivity index (χ0n) is 16.6. The van der Waals surface area contributed by atoms with Crippen molar-refractivity contribution in [3.8, 4) is 11.4 Å². The first kappa shape index (κ1) is 20.5. The van der Waals surface area contributed by atoms with Gasteiger partial charge in [0.1, 0.15) is 23.5 Å². The highest BCUT2D eigenvalue weighted by molar-refractivity contribution is 5.94. The first-order valence-corrected chi connectivity index (χ1v) is 9.34. The molecular weight excluding hydrogens is 409 g/mol. The van der Waals surface area contributed by atoms with Gasteiger partial charge >= 0.3 is 6.18 Å². The van der Waals surface area contributed by atoms with Gasteiger partial charge in [0, 0.05) is 17.8 Å². The highest BCUT2D eigenvalue weighted by atomic mass is 19.4. The number of hydrogen-bond donors (Lipinski definition) is 1. The van der Waals surface area contributed by atoms with Crippen molar-refractivity contribution < 1.29 is 18.0 Å². The van der Waals surface area contributed by atoms with Gasteiger partial charge in [0.25, 0.3) is 5.91 Å². The van der Waals surface area contributed by atoms with Crippen LogP contribution in [0.2, 0.25) is 0 Å². The molecule has 1 atom stereocenters. The Labute approximate surface area is 175 Å². The normalized spacial score (nSPS) is 12.7. The Morgan fingerprint density at radius 1 is 1.13 bits per heavy atom. The van der Waals surface area contributed by atoms with Gasteiger partial charge in [0.15, 0.2) is 5.65 Å². The first-order valence-electron chi connectivity index (χ1n) is 9.34. The Morgan fingerprint density at radius 2 is 1.87 bits per heavy atom. The molecule has 10 heteroatoms. The SMILES string of the molecule is Cc1ccc(-c2nc(C(=O)NC(C)c3ccc(C(F)(F)F)nc3)cc3nncn23)cc1. The van der Waals surface area contributed by atoms with E-state index in [0.717, 1.165) is 23.4 Å². The number of carbonyl (C=O) groups is 1. The van der Waals surface area contributed by atoms with Crippen molar-refractivity contribution in [3.05, 3.63) is 77.5 Å². The van der Waals surface area contributed by atoms with E-state index in [1.54, 1.807) is 11.3 Å². The second-order valence-electron chi connectivity index (χ2n) is 7.06. The second-order valence-corrected chi connectivity index (χ2v) is 7.06. The zero-order valence-corrected chi connectivity index (χ0v) is 16.6. The van der Waals surface area contributed by atoms with Crippen LogP contribution in [-0.4, -0.2) is 30.5 Å². The maximum atomic E-state index is 12.8. The Morgan fingerprint density at radius 3 is 2.52 bits per heavy atom. The lowest BCUT2D eigenvalue weighted by Gasteiger charge is -2.15. The molecule has 1 aromatic carbocycles. The van der Waals surface area contributed by atoms with E-state index < -0.39 is 23.8 Å². The Balaban J connectivity index is 1.61. The van der Waals surface area contributed by atoms with Crippen LogP contribution >= 0.6 is 0 Å². The van der Waals surface area contributed by atoms with Crippen molar-refractivity contribution in [1.82, 2.24) is 29.9 Å². The van der Waals surface area contributed by atoms with Gasteiger partial charge in [-0.2, -0.15) is 13.2 Å². The van der Waals surface area contributed by atoms with Gasteiger partial charge in [0.05, 0.1) is 6.04 Å². The van der Waals surface area contributed by atoms with Crippen LogP contribution in [0, 0.1) is 6.92 Å². The quantitative estimate of drug-likeness (QED) is 0.533. The average Bonchev–Trinajstić information content (AvgIpc) is 3.22. The van der Waals surface area contributed by atoms with Crippen LogP contribution in [0.3, 0.4) is 0 Å². The number of nitrogens with zero attached hydrogens (tertiary/aromatic N) is 5. The molecule has 1 amide bonds. The van der Waals surface area contributed by atoms with Gasteiger partial charge in [-0.15, -0.1) is 10.2 Å². The summed E-state index contributed by atoms with van der Waals surface area (Å²) in [6, 6.07) is 10.7. The number of pyridine rings is 1. The zero-order chi connectivity index (χ0) is 22.2. The lowest BCUT2D eigenvalue weighted by molar-refractivity contribution is -0.141. The molecule has 4 aromatic rings. The highest BCUT2D eigenvalue weighted by Crippen LogP contribution is 2.28. The monoisotopic (exact) mass is 426 g/mol. The number of aromatic nitrogens is 5. The van der Waals surface area contributed by atoms with E-state index in [-0.39, 0.29) is 5.69 Å². The molecular formula is C21H17F3N6O. The van der Waals surface area contributed by atoms with Crippen molar-refractivity contribution in [3.63, 3.8) is 0 Å². The van der Waals surface area contributed by atoms with Crippen LogP contribution in [0.25, 0.3) is 17.0 Å². The molecule has 0 radical (unpaired) electrons. The lowest BCUT2D eigenvalue weighted by atomic mass is 10.1. The Kier molecular flexibility index (Phi) is 5.14. The fourth-order valence-electron chi connectivity index (χ4n) is 3.03. The standard InChI is InChI=1S/C21H17F3N6O/c1-12-3-5-14(6-4-12)19-28-16(9-18-29-26-11-30(18)19)20(31)27-13(2)15-7-8-17(25-10-15)21(22,23)24/h3-11,13H,1-2H3,(H,27,31). The van der Waals surface area contributed by atoms with Crippen molar-refractivity contribution in [1.29, 1.82) is 0 Å². The van der Waals surface area contributed by atoms with E-state index in [1.165, 1.54) is 18.5 Å². The molecule has 158 valence electrons. The van der Waals surface area contributed by atoms with E-state index in [9.17, 15) is 18.0 Å².